The Kier molecular flexibility index (Phi) is 8.08. The molecule has 1 unspecified atom stereocenters. The van der Waals surface area contributed by atoms with Crippen LogP contribution in [-0.2, 0) is 36.1 Å². The Morgan fingerprint density at radius 2 is 1.44 bits per heavy atom. The number of anilines is 1. The molecule has 2 N–H and O–H groups in total. The lowest BCUT2D eigenvalue weighted by Crippen LogP contribution is -2.46. The normalized spacial score (nSPS) is 16.5. The van der Waals surface area contributed by atoms with Crippen molar-refractivity contribution in [1.29, 1.82) is 0 Å². The molecule has 1 heterocycles. The van der Waals surface area contributed by atoms with Gasteiger partial charge in [-0.3, -0.25) is 9.59 Å². The third-order valence-corrected chi connectivity index (χ3v) is 9.64. The lowest BCUT2D eigenvalue weighted by atomic mass is 10.0. The van der Waals surface area contributed by atoms with E-state index in [-0.39, 0.29) is 35.1 Å². The highest BCUT2D eigenvalue weighted by molar-refractivity contribution is 7.89. The van der Waals surface area contributed by atoms with Crippen LogP contribution in [0.1, 0.15) is 42.9 Å². The number of sulfonamides is 2. The van der Waals surface area contributed by atoms with Gasteiger partial charge in [0.25, 0.3) is 5.91 Å². The fraction of sp³-hybridized carbons (Fsp3) is 0.286. The van der Waals surface area contributed by atoms with Crippen LogP contribution in [0, 0.1) is 6.92 Å². The van der Waals surface area contributed by atoms with Crippen LogP contribution < -0.4 is 10.0 Å². The number of nitrogens with two attached hydrogens (primary N) is 1. The van der Waals surface area contributed by atoms with Crippen LogP contribution in [0.3, 0.4) is 0 Å². The van der Waals surface area contributed by atoms with E-state index >= 15 is 0 Å². The summed E-state index contributed by atoms with van der Waals surface area (Å²) in [6.45, 7) is 5.80. The lowest BCUT2D eigenvalue weighted by molar-refractivity contribution is -0.122. The first-order valence-corrected chi connectivity index (χ1v) is 15.4. The minimum absolute atomic E-state index is 0.0117. The molecule has 39 heavy (non-hydrogen) atoms. The molecule has 3 aromatic rings. The van der Waals surface area contributed by atoms with Crippen molar-refractivity contribution in [1.82, 2.24) is 4.31 Å². The van der Waals surface area contributed by atoms with Gasteiger partial charge in [0.1, 0.15) is 6.04 Å². The van der Waals surface area contributed by atoms with Crippen molar-refractivity contribution in [2.24, 2.45) is 5.14 Å². The Bertz CT molecular complexity index is 1580. The SMILES string of the molecule is Cc1ccc(S(=O)(=O)N(CCc2ccc(S(N)(=O)=O)cc2)C2CC(=O)N(c3ccc(C(C)C)cc3)C2=O)cc1. The second kappa shape index (κ2) is 11.0. The van der Waals surface area contributed by atoms with Crippen molar-refractivity contribution in [2.75, 3.05) is 11.4 Å². The summed E-state index contributed by atoms with van der Waals surface area (Å²) in [6.07, 6.45) is -0.114. The molecular weight excluding hydrogens is 538 g/mol. The summed E-state index contributed by atoms with van der Waals surface area (Å²) in [7, 11) is -8.04. The van der Waals surface area contributed by atoms with Gasteiger partial charge in [-0.15, -0.1) is 0 Å². The van der Waals surface area contributed by atoms with E-state index in [1.165, 1.54) is 24.3 Å². The quantitative estimate of drug-likeness (QED) is 0.393. The Morgan fingerprint density at radius 1 is 0.872 bits per heavy atom. The molecule has 4 rings (SSSR count). The molecule has 206 valence electrons. The molecule has 1 aliphatic heterocycles. The number of carbonyl (C=O) groups is 2. The predicted octanol–water partition coefficient (Wildman–Crippen LogP) is 3.33. The minimum atomic E-state index is -4.16. The second-order valence-electron chi connectivity index (χ2n) is 9.90. The molecule has 9 nitrogen and oxygen atoms in total. The monoisotopic (exact) mass is 569 g/mol. The molecule has 0 aromatic heterocycles. The van der Waals surface area contributed by atoms with Crippen LogP contribution >= 0.6 is 0 Å². The molecule has 0 saturated carbocycles. The maximum Gasteiger partial charge on any atom is 0.252 e. The van der Waals surface area contributed by atoms with E-state index in [0.29, 0.717) is 11.3 Å². The smallest absolute Gasteiger partial charge is 0.252 e. The molecule has 0 aliphatic carbocycles. The summed E-state index contributed by atoms with van der Waals surface area (Å²) < 4.78 is 51.8. The van der Waals surface area contributed by atoms with Gasteiger partial charge in [0.15, 0.2) is 0 Å². The van der Waals surface area contributed by atoms with Gasteiger partial charge in [0.2, 0.25) is 26.0 Å². The molecule has 1 saturated heterocycles. The molecule has 11 heteroatoms. The van der Waals surface area contributed by atoms with Crippen molar-refractivity contribution >= 4 is 37.5 Å². The van der Waals surface area contributed by atoms with E-state index in [1.54, 1.807) is 36.4 Å². The largest absolute Gasteiger partial charge is 0.274 e. The molecule has 1 aliphatic rings. The van der Waals surface area contributed by atoms with E-state index in [4.69, 9.17) is 5.14 Å². The number of rotatable bonds is 9. The number of primary sulfonamides is 1. The number of benzene rings is 3. The number of amides is 2. The third kappa shape index (κ3) is 6.11. The van der Waals surface area contributed by atoms with Crippen molar-refractivity contribution in [3.63, 3.8) is 0 Å². The van der Waals surface area contributed by atoms with Crippen LogP contribution in [0.25, 0.3) is 0 Å². The Hall–Kier alpha value is -3.38. The fourth-order valence-electron chi connectivity index (χ4n) is 4.49. The van der Waals surface area contributed by atoms with Gasteiger partial charge in [-0.1, -0.05) is 55.8 Å². The van der Waals surface area contributed by atoms with E-state index in [1.807, 2.05) is 32.9 Å². The Balaban J connectivity index is 1.66. The summed E-state index contributed by atoms with van der Waals surface area (Å²) in [4.78, 5) is 27.6. The van der Waals surface area contributed by atoms with Gasteiger partial charge in [0, 0.05) is 6.54 Å². The summed E-state index contributed by atoms with van der Waals surface area (Å²) >= 11 is 0. The van der Waals surface area contributed by atoms with Crippen LogP contribution in [0.5, 0.6) is 0 Å². The zero-order chi connectivity index (χ0) is 28.5. The first kappa shape index (κ1) is 28.6. The highest BCUT2D eigenvalue weighted by Gasteiger charge is 2.46. The minimum Gasteiger partial charge on any atom is -0.274 e. The first-order chi connectivity index (χ1) is 18.3. The van der Waals surface area contributed by atoms with E-state index in [2.05, 4.69) is 0 Å². The average Bonchev–Trinajstić information content (AvgIpc) is 3.17. The zero-order valence-electron chi connectivity index (χ0n) is 21.9. The highest BCUT2D eigenvalue weighted by atomic mass is 32.2. The number of hydrogen-bond acceptors (Lipinski definition) is 6. The van der Waals surface area contributed by atoms with E-state index in [0.717, 1.165) is 20.3 Å². The fourth-order valence-corrected chi connectivity index (χ4v) is 6.59. The van der Waals surface area contributed by atoms with E-state index in [9.17, 15) is 26.4 Å². The van der Waals surface area contributed by atoms with Crippen molar-refractivity contribution in [2.45, 2.75) is 55.4 Å². The van der Waals surface area contributed by atoms with Crippen LogP contribution in [0.15, 0.2) is 82.6 Å². The summed E-state index contributed by atoms with van der Waals surface area (Å²) in [5.74, 6) is -0.826. The van der Waals surface area contributed by atoms with Gasteiger partial charge < -0.3 is 0 Å². The summed E-state index contributed by atoms with van der Waals surface area (Å²) in [5.41, 5.74) is 2.96. The third-order valence-electron chi connectivity index (χ3n) is 6.79. The number of imide groups is 1. The first-order valence-electron chi connectivity index (χ1n) is 12.5. The highest BCUT2D eigenvalue weighted by Crippen LogP contribution is 2.30. The number of nitrogens with zero attached hydrogens (tertiary/aromatic N) is 2. The topological polar surface area (TPSA) is 135 Å². The summed E-state index contributed by atoms with van der Waals surface area (Å²) in [6, 6.07) is 17.9. The average molecular weight is 570 g/mol. The van der Waals surface area contributed by atoms with Crippen molar-refractivity contribution in [3.05, 3.63) is 89.5 Å². The number of aryl methyl sites for hydroxylation is 1. The van der Waals surface area contributed by atoms with Gasteiger partial charge >= 0.3 is 0 Å². The number of carbonyl (C=O) groups excluding carboxylic acids is 2. The van der Waals surface area contributed by atoms with Crippen LogP contribution in [-0.4, -0.2) is 45.5 Å². The molecule has 1 atom stereocenters. The van der Waals surface area contributed by atoms with Crippen molar-refractivity contribution in [3.8, 4) is 0 Å². The van der Waals surface area contributed by atoms with Crippen LogP contribution in [0.4, 0.5) is 5.69 Å². The summed E-state index contributed by atoms with van der Waals surface area (Å²) in [5, 5.41) is 5.17. The molecule has 2 amide bonds. The van der Waals surface area contributed by atoms with E-state index < -0.39 is 37.9 Å². The number of hydrogen-bond donors (Lipinski definition) is 1. The maximum absolute atomic E-state index is 13.8. The van der Waals surface area contributed by atoms with Gasteiger partial charge in [-0.2, -0.15) is 4.31 Å². The molecule has 3 aromatic carbocycles. The maximum atomic E-state index is 13.8. The predicted molar refractivity (Wildman–Crippen MR) is 148 cm³/mol. The Morgan fingerprint density at radius 3 is 1.97 bits per heavy atom. The Labute approximate surface area is 229 Å². The molecule has 0 spiro atoms. The standard InChI is InChI=1S/C28H31N3O6S2/c1-19(2)22-8-10-23(11-9-22)31-27(32)18-26(28(31)33)30(39(36,37)25-12-4-20(3)5-13-25)17-16-21-6-14-24(15-7-21)38(29,34)35/h4-15,19,26H,16-18H2,1-3H3,(H2,29,34,35). The molecule has 0 radical (unpaired) electrons. The van der Waals surface area contributed by atoms with Crippen molar-refractivity contribution < 1.29 is 26.4 Å². The molecule has 0 bridgehead atoms. The van der Waals surface area contributed by atoms with Crippen LogP contribution in [0.2, 0.25) is 0 Å². The zero-order valence-corrected chi connectivity index (χ0v) is 23.6. The van der Waals surface area contributed by atoms with Gasteiger partial charge in [0.05, 0.1) is 21.9 Å². The van der Waals surface area contributed by atoms with Gasteiger partial charge in [-0.05, 0) is 66.8 Å². The second-order valence-corrected chi connectivity index (χ2v) is 13.4. The molecule has 1 fully saturated rings. The molecular formula is C28H31N3O6S2. The lowest BCUT2D eigenvalue weighted by Gasteiger charge is -2.27. The van der Waals surface area contributed by atoms with Gasteiger partial charge in [-0.25, -0.2) is 26.9 Å².